The molecular weight excluding hydrogens is 202 g/mol. The molecule has 1 heterocycles. The molecule has 3 N–H and O–H groups in total. The van der Waals surface area contributed by atoms with Crippen LogP contribution in [-0.4, -0.2) is 17.4 Å². The highest BCUT2D eigenvalue weighted by Crippen LogP contribution is 2.14. The minimum atomic E-state index is -0.604. The second-order valence-corrected chi connectivity index (χ2v) is 2.89. The standard InChI is InChI=1S/C8H11N3O4/c9-7(12)3-4-10-5-6-1-2-8(15-6)11(13)14/h1-2,10H,3-5H2,(H2,9,12). The Balaban J connectivity index is 2.31. The number of nitrogens with one attached hydrogen (secondary N) is 1. The zero-order valence-corrected chi connectivity index (χ0v) is 7.93. The van der Waals surface area contributed by atoms with Crippen molar-refractivity contribution in [3.05, 3.63) is 28.0 Å². The lowest BCUT2D eigenvalue weighted by molar-refractivity contribution is -0.402. The van der Waals surface area contributed by atoms with Gasteiger partial charge in [0.15, 0.2) is 0 Å². The summed E-state index contributed by atoms with van der Waals surface area (Å²) in [6, 6.07) is 2.79. The number of carbonyl (C=O) groups is 1. The van der Waals surface area contributed by atoms with Crippen LogP contribution in [-0.2, 0) is 11.3 Å². The van der Waals surface area contributed by atoms with Crippen LogP contribution < -0.4 is 11.1 Å². The number of carbonyl (C=O) groups excluding carboxylic acids is 1. The number of hydrogen-bond acceptors (Lipinski definition) is 5. The summed E-state index contributed by atoms with van der Waals surface area (Å²) in [6.45, 7) is 0.755. The smallest absolute Gasteiger partial charge is 0.404 e. The fraction of sp³-hybridized carbons (Fsp3) is 0.375. The van der Waals surface area contributed by atoms with Gasteiger partial charge < -0.3 is 15.5 Å². The van der Waals surface area contributed by atoms with Crippen LogP contribution in [0, 0.1) is 10.1 Å². The average Bonchev–Trinajstić information content (AvgIpc) is 2.60. The first-order valence-electron chi connectivity index (χ1n) is 4.31. The monoisotopic (exact) mass is 213 g/mol. The van der Waals surface area contributed by atoms with E-state index in [4.69, 9.17) is 10.2 Å². The number of nitrogens with two attached hydrogens (primary N) is 1. The van der Waals surface area contributed by atoms with Crippen molar-refractivity contribution in [2.24, 2.45) is 5.73 Å². The Bertz CT molecular complexity index is 361. The Hall–Kier alpha value is -1.89. The van der Waals surface area contributed by atoms with Crippen LogP contribution in [0.2, 0.25) is 0 Å². The van der Waals surface area contributed by atoms with Crippen molar-refractivity contribution in [2.75, 3.05) is 6.54 Å². The van der Waals surface area contributed by atoms with Crippen molar-refractivity contribution in [3.63, 3.8) is 0 Å². The Morgan fingerprint density at radius 3 is 2.87 bits per heavy atom. The van der Waals surface area contributed by atoms with E-state index < -0.39 is 10.8 Å². The summed E-state index contributed by atoms with van der Waals surface area (Å²) in [5, 5.41) is 13.1. The van der Waals surface area contributed by atoms with Crippen LogP contribution in [0.3, 0.4) is 0 Å². The van der Waals surface area contributed by atoms with Crippen LogP contribution in [0.4, 0.5) is 5.88 Å². The van der Waals surface area contributed by atoms with Gasteiger partial charge in [0.25, 0.3) is 0 Å². The molecule has 7 nitrogen and oxygen atoms in total. The van der Waals surface area contributed by atoms with Gasteiger partial charge in [0, 0.05) is 13.0 Å². The Kier molecular flexibility index (Phi) is 3.81. The van der Waals surface area contributed by atoms with Gasteiger partial charge in [0.05, 0.1) is 12.6 Å². The summed E-state index contributed by atoms with van der Waals surface area (Å²) in [4.78, 5) is 20.0. The number of amides is 1. The third-order valence-corrected chi connectivity index (χ3v) is 1.67. The second kappa shape index (κ2) is 5.11. The Labute approximate surface area is 85.4 Å². The summed E-state index contributed by atoms with van der Waals surface area (Å²) < 4.78 is 4.87. The van der Waals surface area contributed by atoms with Crippen LogP contribution in [0.1, 0.15) is 12.2 Å². The summed E-state index contributed by atoms with van der Waals surface area (Å²) >= 11 is 0. The minimum Gasteiger partial charge on any atom is -0.404 e. The normalized spacial score (nSPS) is 10.1. The number of nitrogens with zero attached hydrogens (tertiary/aromatic N) is 1. The van der Waals surface area contributed by atoms with Gasteiger partial charge in [-0.25, -0.2) is 0 Å². The van der Waals surface area contributed by atoms with Gasteiger partial charge in [-0.3, -0.25) is 14.9 Å². The first kappa shape index (κ1) is 11.2. The van der Waals surface area contributed by atoms with Gasteiger partial charge in [-0.15, -0.1) is 0 Å². The third kappa shape index (κ3) is 3.77. The van der Waals surface area contributed by atoms with Crippen molar-refractivity contribution in [3.8, 4) is 0 Å². The van der Waals surface area contributed by atoms with E-state index in [1.54, 1.807) is 0 Å². The summed E-state index contributed by atoms with van der Waals surface area (Å²) in [5.74, 6) is -0.235. The zero-order chi connectivity index (χ0) is 11.3. The molecule has 0 saturated carbocycles. The van der Waals surface area contributed by atoms with Crippen LogP contribution >= 0.6 is 0 Å². The fourth-order valence-corrected chi connectivity index (χ4v) is 0.983. The predicted molar refractivity (Wildman–Crippen MR) is 50.9 cm³/mol. The molecule has 1 aromatic heterocycles. The van der Waals surface area contributed by atoms with Gasteiger partial charge in [0.2, 0.25) is 5.91 Å². The van der Waals surface area contributed by atoms with Gasteiger partial charge in [-0.1, -0.05) is 0 Å². The van der Waals surface area contributed by atoms with E-state index in [0.29, 0.717) is 18.8 Å². The number of furan rings is 1. The van der Waals surface area contributed by atoms with Crippen molar-refractivity contribution in [2.45, 2.75) is 13.0 Å². The largest absolute Gasteiger partial charge is 0.433 e. The highest BCUT2D eigenvalue weighted by molar-refractivity contribution is 5.73. The van der Waals surface area contributed by atoms with E-state index in [-0.39, 0.29) is 12.3 Å². The average molecular weight is 213 g/mol. The maximum atomic E-state index is 10.4. The number of hydrogen-bond donors (Lipinski definition) is 2. The van der Waals surface area contributed by atoms with Crippen molar-refractivity contribution in [1.29, 1.82) is 0 Å². The van der Waals surface area contributed by atoms with Gasteiger partial charge in [0.1, 0.15) is 10.7 Å². The Morgan fingerprint density at radius 2 is 2.33 bits per heavy atom. The molecule has 0 aliphatic rings. The zero-order valence-electron chi connectivity index (χ0n) is 7.93. The molecule has 0 aromatic carbocycles. The lowest BCUT2D eigenvalue weighted by atomic mass is 10.4. The topological polar surface area (TPSA) is 111 Å². The van der Waals surface area contributed by atoms with Gasteiger partial charge in [-0.2, -0.15) is 0 Å². The SMILES string of the molecule is NC(=O)CCNCc1ccc([N+](=O)[O-])o1. The van der Waals surface area contributed by atoms with Crippen molar-refractivity contribution >= 4 is 11.8 Å². The molecule has 0 aliphatic heterocycles. The quantitative estimate of drug-likeness (QED) is 0.397. The maximum absolute atomic E-state index is 10.4. The van der Waals surface area contributed by atoms with Gasteiger partial charge >= 0.3 is 5.88 Å². The van der Waals surface area contributed by atoms with E-state index >= 15 is 0 Å². The molecule has 0 spiro atoms. The number of rotatable bonds is 6. The first-order valence-corrected chi connectivity index (χ1v) is 4.31. The summed E-state index contributed by atoms with van der Waals surface area (Å²) in [6.07, 6.45) is 0.225. The van der Waals surface area contributed by atoms with E-state index in [2.05, 4.69) is 5.32 Å². The molecule has 0 radical (unpaired) electrons. The van der Waals surface area contributed by atoms with E-state index in [1.165, 1.54) is 12.1 Å². The van der Waals surface area contributed by atoms with Crippen LogP contribution in [0.5, 0.6) is 0 Å². The van der Waals surface area contributed by atoms with Crippen molar-refractivity contribution in [1.82, 2.24) is 5.32 Å². The molecule has 0 unspecified atom stereocenters. The molecule has 0 aliphatic carbocycles. The molecule has 82 valence electrons. The molecule has 0 atom stereocenters. The molecule has 1 aromatic rings. The van der Waals surface area contributed by atoms with Gasteiger partial charge in [-0.05, 0) is 6.07 Å². The number of nitro groups is 1. The minimum absolute atomic E-state index is 0.225. The van der Waals surface area contributed by atoms with E-state index in [9.17, 15) is 14.9 Å². The maximum Gasteiger partial charge on any atom is 0.433 e. The molecule has 15 heavy (non-hydrogen) atoms. The Morgan fingerprint density at radius 1 is 1.60 bits per heavy atom. The molecule has 0 bridgehead atoms. The summed E-state index contributed by atoms with van der Waals surface area (Å²) in [5.41, 5.74) is 4.92. The number of primary amides is 1. The molecule has 0 fully saturated rings. The molecular formula is C8H11N3O4. The highest BCUT2D eigenvalue weighted by atomic mass is 16.6. The molecule has 0 saturated heterocycles. The predicted octanol–water partition coefficient (Wildman–Crippen LogP) is 0.153. The highest BCUT2D eigenvalue weighted by Gasteiger charge is 2.10. The van der Waals surface area contributed by atoms with E-state index in [0.717, 1.165) is 0 Å². The van der Waals surface area contributed by atoms with Crippen molar-refractivity contribution < 1.29 is 14.1 Å². The third-order valence-electron chi connectivity index (χ3n) is 1.67. The lowest BCUT2D eigenvalue weighted by Crippen LogP contribution is -2.21. The molecule has 1 amide bonds. The second-order valence-electron chi connectivity index (χ2n) is 2.89. The van der Waals surface area contributed by atoms with Crippen LogP contribution in [0.15, 0.2) is 16.5 Å². The first-order chi connectivity index (χ1) is 7.09. The summed E-state index contributed by atoms with van der Waals surface area (Å²) in [7, 11) is 0. The lowest BCUT2D eigenvalue weighted by Gasteiger charge is -1.98. The van der Waals surface area contributed by atoms with E-state index in [1.807, 2.05) is 0 Å². The molecule has 7 heteroatoms. The van der Waals surface area contributed by atoms with Crippen LogP contribution in [0.25, 0.3) is 0 Å². The molecule has 1 rings (SSSR count). The fourth-order valence-electron chi connectivity index (χ4n) is 0.983.